The minimum Gasteiger partial charge on any atom is -0.399 e. The molecule has 1 saturated heterocycles. The van der Waals surface area contributed by atoms with Gasteiger partial charge in [0, 0.05) is 6.21 Å². The fraction of sp³-hybridized carbons (Fsp3) is 0.611. The highest BCUT2D eigenvalue weighted by atomic mass is 16.7. The van der Waals surface area contributed by atoms with Crippen LogP contribution < -0.4 is 0 Å². The first kappa shape index (κ1) is 17.2. The Labute approximate surface area is 135 Å². The predicted molar refractivity (Wildman–Crippen MR) is 94.0 cm³/mol. The van der Waals surface area contributed by atoms with E-state index in [9.17, 15) is 0 Å². The van der Waals surface area contributed by atoms with E-state index in [0.29, 0.717) is 5.92 Å². The van der Waals surface area contributed by atoms with Crippen LogP contribution in [-0.4, -0.2) is 24.5 Å². The van der Waals surface area contributed by atoms with E-state index in [2.05, 4.69) is 70.8 Å². The van der Waals surface area contributed by atoms with Crippen molar-refractivity contribution in [3.63, 3.8) is 0 Å². The molecule has 0 amide bonds. The molecule has 22 heavy (non-hydrogen) atoms. The molecule has 0 aromatic heterocycles. The zero-order valence-electron chi connectivity index (χ0n) is 14.7. The molecule has 2 aliphatic rings. The third kappa shape index (κ3) is 3.79. The lowest BCUT2D eigenvalue weighted by atomic mass is 9.76. The lowest BCUT2D eigenvalue weighted by Gasteiger charge is -2.32. The lowest BCUT2D eigenvalue weighted by molar-refractivity contribution is 0.00578. The van der Waals surface area contributed by atoms with Gasteiger partial charge in [-0.3, -0.25) is 4.99 Å². The van der Waals surface area contributed by atoms with Crippen molar-refractivity contribution in [2.24, 2.45) is 10.9 Å². The van der Waals surface area contributed by atoms with Crippen LogP contribution >= 0.6 is 0 Å². The van der Waals surface area contributed by atoms with Crippen molar-refractivity contribution >= 4 is 13.3 Å². The monoisotopic (exact) mass is 301 g/mol. The smallest absolute Gasteiger partial charge is 0.399 e. The molecule has 2 rings (SSSR count). The Kier molecular flexibility index (Phi) is 5.13. The largest absolute Gasteiger partial charge is 0.494 e. The molecule has 0 bridgehead atoms. The molecule has 3 nitrogen and oxygen atoms in total. The maximum atomic E-state index is 6.17. The van der Waals surface area contributed by atoms with Gasteiger partial charge in [-0.15, -0.1) is 0 Å². The zero-order chi connectivity index (χ0) is 16.4. The molecular weight excluding hydrogens is 273 g/mol. The summed E-state index contributed by atoms with van der Waals surface area (Å²) in [4.78, 5) is 4.55. The van der Waals surface area contributed by atoms with Gasteiger partial charge < -0.3 is 9.31 Å². The number of hydrogen-bond donors (Lipinski definition) is 0. The summed E-state index contributed by atoms with van der Waals surface area (Å²) < 4.78 is 12.3. The van der Waals surface area contributed by atoms with Crippen LogP contribution in [0, 0.1) is 5.92 Å². The zero-order valence-corrected chi connectivity index (χ0v) is 14.7. The standard InChI is InChI=1S/C18H28BNO2/c1-7-12-20-16-11-9-14(2)8-10-15(13-16)19-21-17(3,4)18(5,6)22-19/h8,10-14H,7,9H2,1-6H3/b10-8-,15-13+,16-11-,20-12?. The summed E-state index contributed by atoms with van der Waals surface area (Å²) in [5.41, 5.74) is 1.38. The molecule has 0 aromatic carbocycles. The molecule has 1 fully saturated rings. The highest BCUT2D eigenvalue weighted by molar-refractivity contribution is 6.55. The van der Waals surface area contributed by atoms with Crippen LogP contribution in [0.3, 0.4) is 0 Å². The first-order chi connectivity index (χ1) is 10.2. The van der Waals surface area contributed by atoms with Crippen molar-refractivity contribution in [3.05, 3.63) is 35.5 Å². The summed E-state index contributed by atoms with van der Waals surface area (Å²) in [6.07, 6.45) is 12.5. The SMILES string of the molecule is CCC=NC1=C\CC(C)\C=C/C(B2OC(C)(C)C(C)(C)O2)=C\1. The van der Waals surface area contributed by atoms with Crippen molar-refractivity contribution < 1.29 is 9.31 Å². The number of rotatable bonds is 3. The minimum atomic E-state index is -0.341. The van der Waals surface area contributed by atoms with Crippen LogP contribution in [0.5, 0.6) is 0 Å². The van der Waals surface area contributed by atoms with Gasteiger partial charge in [0.1, 0.15) is 0 Å². The van der Waals surface area contributed by atoms with Crippen molar-refractivity contribution in [3.8, 4) is 0 Å². The molecule has 0 aromatic rings. The Morgan fingerprint density at radius 1 is 1.27 bits per heavy atom. The number of aliphatic imine (C=N–C) groups is 1. The second-order valence-electron chi connectivity index (χ2n) is 7.15. The van der Waals surface area contributed by atoms with Crippen LogP contribution in [0.1, 0.15) is 54.4 Å². The van der Waals surface area contributed by atoms with Crippen LogP contribution in [0.4, 0.5) is 0 Å². The summed E-state index contributed by atoms with van der Waals surface area (Å²) in [7, 11) is -0.341. The van der Waals surface area contributed by atoms with E-state index in [-0.39, 0.29) is 18.3 Å². The Morgan fingerprint density at radius 3 is 2.50 bits per heavy atom. The molecule has 1 atom stereocenters. The van der Waals surface area contributed by atoms with Gasteiger partial charge in [0.25, 0.3) is 0 Å². The highest BCUT2D eigenvalue weighted by Crippen LogP contribution is 2.39. The molecule has 1 aliphatic heterocycles. The van der Waals surface area contributed by atoms with E-state index in [0.717, 1.165) is 24.0 Å². The van der Waals surface area contributed by atoms with E-state index in [1.807, 2.05) is 6.21 Å². The molecule has 0 spiro atoms. The van der Waals surface area contributed by atoms with Gasteiger partial charge in [-0.2, -0.15) is 0 Å². The van der Waals surface area contributed by atoms with Gasteiger partial charge in [-0.1, -0.05) is 32.1 Å². The molecule has 120 valence electrons. The second-order valence-corrected chi connectivity index (χ2v) is 7.15. The van der Waals surface area contributed by atoms with Crippen LogP contribution in [0.15, 0.2) is 40.5 Å². The van der Waals surface area contributed by atoms with E-state index < -0.39 is 0 Å². The summed E-state index contributed by atoms with van der Waals surface area (Å²) in [6.45, 7) is 12.6. The van der Waals surface area contributed by atoms with E-state index >= 15 is 0 Å². The van der Waals surface area contributed by atoms with Crippen LogP contribution in [0.25, 0.3) is 0 Å². The maximum Gasteiger partial charge on any atom is 0.494 e. The molecule has 0 N–H and O–H groups in total. The molecule has 1 heterocycles. The fourth-order valence-corrected chi connectivity index (χ4v) is 2.35. The Hall–Kier alpha value is -1.13. The molecule has 1 aliphatic carbocycles. The Morgan fingerprint density at radius 2 is 1.91 bits per heavy atom. The highest BCUT2D eigenvalue weighted by Gasteiger charge is 2.52. The van der Waals surface area contributed by atoms with Crippen LogP contribution in [-0.2, 0) is 9.31 Å². The minimum absolute atomic E-state index is 0.323. The number of nitrogens with zero attached hydrogens (tertiary/aromatic N) is 1. The number of hydrogen-bond acceptors (Lipinski definition) is 3. The van der Waals surface area contributed by atoms with Gasteiger partial charge in [-0.05, 0) is 58.0 Å². The first-order valence-corrected chi connectivity index (χ1v) is 8.23. The van der Waals surface area contributed by atoms with Gasteiger partial charge in [0.2, 0.25) is 0 Å². The van der Waals surface area contributed by atoms with Gasteiger partial charge >= 0.3 is 7.12 Å². The normalized spacial score (nSPS) is 33.7. The Balaban J connectivity index is 2.31. The summed E-state index contributed by atoms with van der Waals surface area (Å²) >= 11 is 0. The summed E-state index contributed by atoms with van der Waals surface area (Å²) in [6, 6.07) is 0. The van der Waals surface area contributed by atoms with Crippen molar-refractivity contribution in [2.45, 2.75) is 65.6 Å². The lowest BCUT2D eigenvalue weighted by Crippen LogP contribution is -2.41. The predicted octanol–water partition coefficient (Wildman–Crippen LogP) is 4.50. The molecule has 4 heteroatoms. The topological polar surface area (TPSA) is 30.8 Å². The fourth-order valence-electron chi connectivity index (χ4n) is 2.35. The third-order valence-corrected chi connectivity index (χ3v) is 4.58. The molecule has 0 saturated carbocycles. The van der Waals surface area contributed by atoms with Crippen molar-refractivity contribution in [1.82, 2.24) is 0 Å². The van der Waals surface area contributed by atoms with Crippen LogP contribution in [0.2, 0.25) is 0 Å². The third-order valence-electron chi connectivity index (χ3n) is 4.58. The molecule has 1 unspecified atom stereocenters. The average molecular weight is 301 g/mol. The second kappa shape index (κ2) is 6.55. The van der Waals surface area contributed by atoms with Gasteiger partial charge in [0.05, 0.1) is 16.9 Å². The summed E-state index contributed by atoms with van der Waals surface area (Å²) in [5, 5.41) is 0. The maximum absolute atomic E-state index is 6.17. The van der Waals surface area contributed by atoms with E-state index in [1.54, 1.807) is 0 Å². The quantitative estimate of drug-likeness (QED) is 0.567. The molecule has 0 radical (unpaired) electrons. The Bertz CT molecular complexity index is 513. The van der Waals surface area contributed by atoms with Gasteiger partial charge in [-0.25, -0.2) is 0 Å². The number of allylic oxidation sites excluding steroid dienone is 5. The van der Waals surface area contributed by atoms with Crippen molar-refractivity contribution in [1.29, 1.82) is 0 Å². The first-order valence-electron chi connectivity index (χ1n) is 8.23. The average Bonchev–Trinajstić information content (AvgIpc) is 2.62. The van der Waals surface area contributed by atoms with E-state index in [4.69, 9.17) is 9.31 Å². The van der Waals surface area contributed by atoms with E-state index in [1.165, 1.54) is 0 Å². The van der Waals surface area contributed by atoms with Crippen molar-refractivity contribution in [2.75, 3.05) is 0 Å². The molecular formula is C18H28BNO2. The summed E-state index contributed by atoms with van der Waals surface area (Å²) in [5.74, 6) is 0.484. The van der Waals surface area contributed by atoms with Gasteiger partial charge in [0.15, 0.2) is 0 Å².